The number of aromatic nitrogens is 1. The van der Waals surface area contributed by atoms with Crippen molar-refractivity contribution in [1.29, 1.82) is 5.26 Å². The second-order valence-corrected chi connectivity index (χ2v) is 14.8. The van der Waals surface area contributed by atoms with Gasteiger partial charge in [-0.15, -0.1) is 0 Å². The van der Waals surface area contributed by atoms with Gasteiger partial charge in [-0.05, 0) is 106 Å². The Morgan fingerprint density at radius 2 is 1.58 bits per heavy atom. The maximum Gasteiger partial charge on any atom is 0.309 e. The Balaban J connectivity index is 0.956. The molecule has 0 amide bonds. The lowest BCUT2D eigenvalue weighted by atomic mass is 9.59. The fraction of sp³-hybridized carbons (Fsp3) is 0.500. The summed E-state index contributed by atoms with van der Waals surface area (Å²) in [5.41, 5.74) is 1.79. The number of benzene rings is 2. The fourth-order valence-electron chi connectivity index (χ4n) is 8.28. The first kappa shape index (κ1) is 30.3. The molecule has 2 aliphatic heterocycles. The lowest BCUT2D eigenvalue weighted by Crippen LogP contribution is -2.54. The van der Waals surface area contributed by atoms with Gasteiger partial charge < -0.3 is 14.5 Å². The van der Waals surface area contributed by atoms with Gasteiger partial charge in [-0.1, -0.05) is 48.5 Å². The predicted octanol–water partition coefficient (Wildman–Crippen LogP) is 7.35. The quantitative estimate of drug-likeness (QED) is 0.220. The summed E-state index contributed by atoms with van der Waals surface area (Å²) in [6, 6.07) is 26.4. The van der Waals surface area contributed by atoms with Crippen LogP contribution in [0.3, 0.4) is 0 Å². The van der Waals surface area contributed by atoms with Crippen LogP contribution in [-0.4, -0.2) is 54.7 Å². The largest absolute Gasteiger partial charge is 0.462 e. The minimum atomic E-state index is -0.622. The normalized spacial score (nSPS) is 24.3. The molecule has 3 aromatic rings. The van der Waals surface area contributed by atoms with E-state index in [4.69, 9.17) is 4.74 Å². The van der Waals surface area contributed by atoms with Crippen molar-refractivity contribution < 1.29 is 9.53 Å². The van der Waals surface area contributed by atoms with Gasteiger partial charge in [0.05, 0.1) is 17.4 Å². The zero-order valence-electron chi connectivity index (χ0n) is 26.1. The highest BCUT2D eigenvalue weighted by Gasteiger charge is 2.53. The molecular weight excluding hydrogens is 577 g/mol. The van der Waals surface area contributed by atoms with Gasteiger partial charge in [0, 0.05) is 59.3 Å². The molecule has 6 nitrogen and oxygen atoms in total. The van der Waals surface area contributed by atoms with Crippen LogP contribution in [0.4, 0.5) is 5.69 Å². The number of hydrogen-bond donors (Lipinski definition) is 0. The molecule has 7 heteroatoms. The zero-order valence-corrected chi connectivity index (χ0v) is 26.9. The number of carbonyl (C=O) groups is 1. The van der Waals surface area contributed by atoms with Gasteiger partial charge >= 0.3 is 5.97 Å². The van der Waals surface area contributed by atoms with E-state index in [1.165, 1.54) is 15.5 Å². The predicted molar refractivity (Wildman–Crippen MR) is 178 cm³/mol. The van der Waals surface area contributed by atoms with Crippen molar-refractivity contribution in [1.82, 2.24) is 9.88 Å². The monoisotopic (exact) mass is 620 g/mol. The van der Waals surface area contributed by atoms with Crippen LogP contribution in [0, 0.1) is 35.0 Å². The second kappa shape index (κ2) is 13.6. The third-order valence-electron chi connectivity index (χ3n) is 11.0. The Hall–Kier alpha value is -3.34. The fourth-order valence-corrected chi connectivity index (χ4v) is 9.08. The minimum Gasteiger partial charge on any atom is -0.462 e. The summed E-state index contributed by atoms with van der Waals surface area (Å²) in [4.78, 5) is 24.6. The molecule has 234 valence electrons. The van der Waals surface area contributed by atoms with E-state index in [9.17, 15) is 10.1 Å². The number of carbonyl (C=O) groups excluding carboxylic acids is 1. The summed E-state index contributed by atoms with van der Waals surface area (Å²) < 4.78 is 6.22. The molecule has 2 aliphatic carbocycles. The van der Waals surface area contributed by atoms with Crippen molar-refractivity contribution in [3.63, 3.8) is 0 Å². The number of nitrogens with zero attached hydrogens (tertiary/aromatic N) is 4. The van der Waals surface area contributed by atoms with Gasteiger partial charge in [0.2, 0.25) is 0 Å². The highest BCUT2D eigenvalue weighted by Crippen LogP contribution is 2.51. The maximum atomic E-state index is 12.9. The number of rotatable bonds is 10. The third kappa shape index (κ3) is 6.37. The molecule has 2 saturated heterocycles. The lowest BCUT2D eigenvalue weighted by molar-refractivity contribution is -0.160. The average Bonchev–Trinajstić information content (AvgIpc) is 3.49. The van der Waals surface area contributed by atoms with E-state index < -0.39 is 5.41 Å². The van der Waals surface area contributed by atoms with Crippen LogP contribution >= 0.6 is 11.8 Å². The number of piperidine rings is 1. The van der Waals surface area contributed by atoms with Crippen molar-refractivity contribution in [2.75, 3.05) is 37.6 Å². The molecule has 0 bridgehead atoms. The Bertz CT molecular complexity index is 1460. The summed E-state index contributed by atoms with van der Waals surface area (Å²) in [5.74, 6) is 1.03. The SMILES string of the molecule is N#CC(c1ccccc1)(C1CCN(CC2CN(c3ccc(Sc4ccncc4)cc3)C2)CC1)C1CCC[C@@H]1OC(=O)C1CCC1. The number of pyridine rings is 1. The van der Waals surface area contributed by atoms with Crippen LogP contribution in [0.2, 0.25) is 0 Å². The minimum absolute atomic E-state index is 0.0257. The van der Waals surface area contributed by atoms with Gasteiger partial charge in [-0.2, -0.15) is 5.26 Å². The van der Waals surface area contributed by atoms with Crippen molar-refractivity contribution in [2.24, 2.45) is 23.7 Å². The van der Waals surface area contributed by atoms with Crippen LogP contribution in [0.1, 0.15) is 56.9 Å². The van der Waals surface area contributed by atoms with E-state index in [0.29, 0.717) is 5.92 Å². The first-order chi connectivity index (χ1) is 22.1. The first-order valence-electron chi connectivity index (χ1n) is 16.9. The van der Waals surface area contributed by atoms with E-state index in [2.05, 4.69) is 69.4 Å². The lowest BCUT2D eigenvalue weighted by Gasteiger charge is -2.48. The number of anilines is 1. The summed E-state index contributed by atoms with van der Waals surface area (Å²) in [7, 11) is 0. The standard InChI is InChI=1S/C38H44N4O2S/c39-27-38(30-8-2-1-3-9-30,35-10-5-11-36(35)44-37(43)29-6-4-7-29)31-18-22-41(23-19-31)24-28-25-42(26-28)32-12-14-33(15-13-32)45-34-16-20-40-21-17-34/h1-3,8-9,12-17,20-21,28-29,31,35-36H,4-7,10-11,18-19,22-26H2/t35?,36-,38?/m0/s1. The first-order valence-corrected chi connectivity index (χ1v) is 17.8. The molecular formula is C38H44N4O2S. The summed E-state index contributed by atoms with van der Waals surface area (Å²) in [6.07, 6.45) is 11.4. The van der Waals surface area contributed by atoms with Gasteiger partial charge in [0.15, 0.2) is 0 Å². The maximum absolute atomic E-state index is 12.9. The smallest absolute Gasteiger partial charge is 0.309 e. The molecule has 0 N–H and O–H groups in total. The van der Waals surface area contributed by atoms with Crippen LogP contribution < -0.4 is 4.90 Å². The van der Waals surface area contributed by atoms with Crippen LogP contribution in [0.25, 0.3) is 0 Å². The summed E-state index contributed by atoms with van der Waals surface area (Å²) in [6.45, 7) is 5.36. The number of nitriles is 1. The molecule has 2 unspecified atom stereocenters. The van der Waals surface area contributed by atoms with Gasteiger partial charge in [0.25, 0.3) is 0 Å². The van der Waals surface area contributed by atoms with Gasteiger partial charge in [0.1, 0.15) is 6.10 Å². The summed E-state index contributed by atoms with van der Waals surface area (Å²) in [5, 5.41) is 11.0. The molecule has 2 aromatic carbocycles. The van der Waals surface area contributed by atoms with Gasteiger partial charge in [-0.3, -0.25) is 9.78 Å². The molecule has 3 heterocycles. The van der Waals surface area contributed by atoms with Crippen molar-refractivity contribution in [2.45, 2.75) is 72.7 Å². The molecule has 3 atom stereocenters. The Labute approximate surface area is 272 Å². The molecule has 4 aliphatic rings. The molecule has 0 radical (unpaired) electrons. The third-order valence-corrected chi connectivity index (χ3v) is 12.0. The van der Waals surface area contributed by atoms with Crippen molar-refractivity contribution in [3.8, 4) is 6.07 Å². The molecule has 4 fully saturated rings. The van der Waals surface area contributed by atoms with Crippen LogP contribution in [-0.2, 0) is 14.9 Å². The van der Waals surface area contributed by atoms with Crippen LogP contribution in [0.15, 0.2) is 88.9 Å². The van der Waals surface area contributed by atoms with E-state index in [1.54, 1.807) is 11.8 Å². The highest BCUT2D eigenvalue weighted by atomic mass is 32.2. The number of hydrogen-bond acceptors (Lipinski definition) is 7. The van der Waals surface area contributed by atoms with Gasteiger partial charge in [-0.25, -0.2) is 0 Å². The highest BCUT2D eigenvalue weighted by molar-refractivity contribution is 7.99. The number of ether oxygens (including phenoxy) is 1. The topological polar surface area (TPSA) is 69.5 Å². The van der Waals surface area contributed by atoms with Crippen molar-refractivity contribution in [3.05, 3.63) is 84.7 Å². The number of esters is 1. The summed E-state index contributed by atoms with van der Waals surface area (Å²) >= 11 is 1.77. The zero-order chi connectivity index (χ0) is 30.6. The molecule has 7 rings (SSSR count). The molecule has 0 spiro atoms. The second-order valence-electron chi connectivity index (χ2n) is 13.6. The number of likely N-dealkylation sites (tertiary alicyclic amines) is 1. The van der Waals surface area contributed by atoms with E-state index >= 15 is 0 Å². The average molecular weight is 621 g/mol. The molecule has 45 heavy (non-hydrogen) atoms. The Morgan fingerprint density at radius 1 is 0.889 bits per heavy atom. The van der Waals surface area contributed by atoms with E-state index in [-0.39, 0.29) is 29.8 Å². The van der Waals surface area contributed by atoms with Crippen molar-refractivity contribution >= 4 is 23.4 Å². The molecule has 1 aromatic heterocycles. The van der Waals surface area contributed by atoms with E-state index in [0.717, 1.165) is 89.7 Å². The van der Waals surface area contributed by atoms with Crippen LogP contribution in [0.5, 0.6) is 0 Å². The van der Waals surface area contributed by atoms with E-state index in [1.807, 2.05) is 30.6 Å². The Morgan fingerprint density at radius 3 is 2.24 bits per heavy atom. The Kier molecular flexibility index (Phi) is 9.14. The molecule has 2 saturated carbocycles.